The van der Waals surface area contributed by atoms with Crippen molar-refractivity contribution in [1.82, 2.24) is 4.72 Å². The van der Waals surface area contributed by atoms with E-state index in [1.807, 2.05) is 20.8 Å². The van der Waals surface area contributed by atoms with E-state index in [9.17, 15) is 4.21 Å². The summed E-state index contributed by atoms with van der Waals surface area (Å²) < 4.78 is 26.3. The van der Waals surface area contributed by atoms with Crippen LogP contribution in [0.5, 0.6) is 0 Å². The molecule has 0 aliphatic rings. The van der Waals surface area contributed by atoms with Crippen molar-refractivity contribution in [2.24, 2.45) is 0 Å². The number of alkyl halides is 1. The Balaban J connectivity index is 5.28. The summed E-state index contributed by atoms with van der Waals surface area (Å²) in [5.41, 5.74) is 3.36. The van der Waals surface area contributed by atoms with Gasteiger partial charge >= 0.3 is 0 Å². The summed E-state index contributed by atoms with van der Waals surface area (Å²) in [5, 5.41) is 0. The van der Waals surface area contributed by atoms with E-state index < -0.39 is 19.1 Å². The first-order valence-corrected chi connectivity index (χ1v) is 13.6. The van der Waals surface area contributed by atoms with Crippen LogP contribution in [-0.4, -0.2) is 49.0 Å². The van der Waals surface area contributed by atoms with Crippen molar-refractivity contribution in [3.8, 4) is 11.5 Å². The normalized spacial score (nSPS) is 16.2. The van der Waals surface area contributed by atoms with Crippen LogP contribution in [0.4, 0.5) is 0 Å². The summed E-state index contributed by atoms with van der Waals surface area (Å²) in [6.07, 6.45) is 2.31. The second-order valence-electron chi connectivity index (χ2n) is 7.80. The summed E-state index contributed by atoms with van der Waals surface area (Å²) in [6, 6.07) is -0.118. The molecule has 0 aromatic carbocycles. The van der Waals surface area contributed by atoms with Crippen LogP contribution in [0.3, 0.4) is 0 Å². The fourth-order valence-electron chi connectivity index (χ4n) is 1.73. The lowest BCUT2D eigenvalue weighted by Crippen LogP contribution is -2.46. The minimum atomic E-state index is -1.53. The van der Waals surface area contributed by atoms with E-state index in [4.69, 9.17) is 21.1 Å². The first-order valence-electron chi connectivity index (χ1n) is 8.38. The maximum Gasteiger partial charge on any atom is 0.148 e. The van der Waals surface area contributed by atoms with Gasteiger partial charge in [0.1, 0.15) is 21.0 Å². The number of halogens is 1. The highest BCUT2D eigenvalue weighted by Crippen LogP contribution is 2.15. The van der Waals surface area contributed by atoms with Gasteiger partial charge in [0.25, 0.3) is 0 Å². The lowest BCUT2D eigenvalue weighted by Gasteiger charge is -2.28. The van der Waals surface area contributed by atoms with Crippen molar-refractivity contribution in [1.29, 1.82) is 0 Å². The summed E-state index contributed by atoms with van der Waals surface area (Å²) >= 11 is 5.79. The van der Waals surface area contributed by atoms with Crippen LogP contribution in [0.25, 0.3) is 0 Å². The van der Waals surface area contributed by atoms with Gasteiger partial charge in [0, 0.05) is 13.0 Å². The average molecular weight is 396 g/mol. The van der Waals surface area contributed by atoms with Gasteiger partial charge in [0.05, 0.1) is 21.8 Å². The number of methoxy groups -OCH3 is 1. The summed E-state index contributed by atoms with van der Waals surface area (Å²) in [5.74, 6) is 3.88. The highest BCUT2D eigenvalue weighted by molar-refractivity contribution is 7.84. The fraction of sp³-hybridized carbons (Fsp3) is 0.882. The molecule has 142 valence electrons. The van der Waals surface area contributed by atoms with Gasteiger partial charge in [-0.1, -0.05) is 32.0 Å². The molecule has 0 unspecified atom stereocenters. The quantitative estimate of drug-likeness (QED) is 0.202. The Kier molecular flexibility index (Phi) is 11.7. The minimum absolute atomic E-state index is 0.118. The van der Waals surface area contributed by atoms with E-state index in [0.29, 0.717) is 5.88 Å². The zero-order chi connectivity index (χ0) is 18.8. The second-order valence-corrected chi connectivity index (χ2v) is 14.9. The molecule has 0 amide bonds. The lowest BCUT2D eigenvalue weighted by atomic mass is 10.1. The molecule has 7 heteroatoms. The number of hydrogen-bond acceptors (Lipinski definition) is 3. The Bertz CT molecular complexity index is 438. The highest BCUT2D eigenvalue weighted by Gasteiger charge is 2.27. The predicted octanol–water partition coefficient (Wildman–Crippen LogP) is 3.69. The van der Waals surface area contributed by atoms with Gasteiger partial charge < -0.3 is 9.47 Å². The van der Waals surface area contributed by atoms with E-state index >= 15 is 0 Å². The zero-order valence-electron chi connectivity index (χ0n) is 16.2. The van der Waals surface area contributed by atoms with Crippen molar-refractivity contribution >= 4 is 30.7 Å². The monoisotopic (exact) mass is 395 g/mol. The molecule has 3 atom stereocenters. The molecule has 0 rings (SSSR count). The Labute approximate surface area is 157 Å². The van der Waals surface area contributed by atoms with Crippen LogP contribution in [0.1, 0.15) is 40.0 Å². The summed E-state index contributed by atoms with van der Waals surface area (Å²) in [4.78, 5) is 0. The molecular weight excluding hydrogens is 362 g/mol. The van der Waals surface area contributed by atoms with Gasteiger partial charge in [0.2, 0.25) is 0 Å². The Hall–Kier alpha value is 0.0969. The fourth-order valence-corrected chi connectivity index (χ4v) is 3.37. The molecular formula is C17H34ClNO3SSi. The van der Waals surface area contributed by atoms with Crippen molar-refractivity contribution in [2.45, 2.75) is 76.6 Å². The smallest absolute Gasteiger partial charge is 0.148 e. The molecule has 1 N–H and O–H groups in total. The van der Waals surface area contributed by atoms with Gasteiger partial charge in [-0.25, -0.2) is 8.93 Å². The second kappa shape index (κ2) is 11.7. The predicted molar refractivity (Wildman–Crippen MR) is 107 cm³/mol. The van der Waals surface area contributed by atoms with Gasteiger partial charge in [-0.15, -0.1) is 17.1 Å². The molecule has 0 radical (unpaired) electrons. The Morgan fingerprint density at radius 2 is 1.88 bits per heavy atom. The zero-order valence-corrected chi connectivity index (χ0v) is 18.8. The molecule has 4 nitrogen and oxygen atoms in total. The number of rotatable bonds is 10. The summed E-state index contributed by atoms with van der Waals surface area (Å²) in [6.45, 7) is 12.6. The largest absolute Gasteiger partial charge is 0.359 e. The molecule has 0 fully saturated rings. The van der Waals surface area contributed by atoms with E-state index in [1.165, 1.54) is 0 Å². The first kappa shape index (κ1) is 24.1. The lowest BCUT2D eigenvalue weighted by molar-refractivity contribution is -0.0613. The van der Waals surface area contributed by atoms with Crippen LogP contribution < -0.4 is 4.72 Å². The minimum Gasteiger partial charge on any atom is -0.359 e. The maximum absolute atomic E-state index is 12.5. The maximum atomic E-state index is 12.5. The molecule has 0 aromatic heterocycles. The highest BCUT2D eigenvalue weighted by atomic mass is 35.5. The topological polar surface area (TPSA) is 47.6 Å². The average Bonchev–Trinajstić information content (AvgIpc) is 2.44. The van der Waals surface area contributed by atoms with Crippen LogP contribution in [0, 0.1) is 11.5 Å². The Morgan fingerprint density at radius 1 is 1.25 bits per heavy atom. The van der Waals surface area contributed by atoms with Crippen molar-refractivity contribution in [2.75, 3.05) is 19.8 Å². The molecule has 0 aliphatic heterocycles. The first-order chi connectivity index (χ1) is 11.0. The number of ether oxygens (including phenoxy) is 2. The van der Waals surface area contributed by atoms with Crippen molar-refractivity contribution in [3.63, 3.8) is 0 Å². The van der Waals surface area contributed by atoms with Crippen LogP contribution in [0.2, 0.25) is 19.6 Å². The third-order valence-electron chi connectivity index (χ3n) is 3.03. The number of nitrogens with one attached hydrogen (secondary N) is 1. The van der Waals surface area contributed by atoms with Crippen molar-refractivity contribution in [3.05, 3.63) is 0 Å². The molecule has 24 heavy (non-hydrogen) atoms. The molecule has 0 aliphatic carbocycles. The number of unbranched alkanes of at least 4 members (excludes halogenated alkanes) is 1. The van der Waals surface area contributed by atoms with Gasteiger partial charge in [-0.2, -0.15) is 0 Å². The molecule has 0 aromatic rings. The third-order valence-corrected chi connectivity index (χ3v) is 5.82. The Morgan fingerprint density at radius 3 is 2.33 bits per heavy atom. The number of hydrogen-bond donors (Lipinski definition) is 1. The van der Waals surface area contributed by atoms with Gasteiger partial charge in [0.15, 0.2) is 0 Å². The van der Waals surface area contributed by atoms with Crippen molar-refractivity contribution < 1.29 is 13.7 Å². The van der Waals surface area contributed by atoms with Crippen LogP contribution in [-0.2, 0) is 20.5 Å². The molecule has 0 heterocycles. The molecule has 0 bridgehead atoms. The van der Waals surface area contributed by atoms with Crippen LogP contribution >= 0.6 is 11.6 Å². The standard InChI is InChI=1S/C17H34ClNO3SSi/c1-17(2,3)23(20)19-15(10-8-9-12-18)16(22-14-21-4)11-13-24(5,6)7/h15-16,19H,8-10,12,14H2,1-7H3/t15-,16+,23+/m1/s1. The van der Waals surface area contributed by atoms with Gasteiger partial charge in [-0.3, -0.25) is 0 Å². The van der Waals surface area contributed by atoms with Gasteiger partial charge in [-0.05, 0) is 33.6 Å². The third kappa shape index (κ3) is 11.6. The van der Waals surface area contributed by atoms with E-state index in [0.717, 1.165) is 19.3 Å². The summed E-state index contributed by atoms with van der Waals surface area (Å²) in [7, 11) is -1.12. The SMILES string of the molecule is COCO[C@@H](C#C[Si](C)(C)C)[C@@H](CCCCCl)N[S@@](=O)C(C)(C)C. The van der Waals surface area contributed by atoms with E-state index in [2.05, 4.69) is 35.8 Å². The molecule has 0 spiro atoms. The molecule has 0 saturated heterocycles. The molecule has 0 saturated carbocycles. The van der Waals surface area contributed by atoms with E-state index in [-0.39, 0.29) is 23.7 Å². The van der Waals surface area contributed by atoms with Crippen LogP contribution in [0.15, 0.2) is 0 Å². The van der Waals surface area contributed by atoms with E-state index in [1.54, 1.807) is 7.11 Å².